The third-order valence-corrected chi connectivity index (χ3v) is 3.65. The van der Waals surface area contributed by atoms with E-state index in [1.807, 2.05) is 31.1 Å². The Morgan fingerprint density at radius 3 is 2.54 bits per heavy atom. The summed E-state index contributed by atoms with van der Waals surface area (Å²) in [6, 6.07) is 7.58. The van der Waals surface area contributed by atoms with Gasteiger partial charge in [-0.25, -0.2) is 14.6 Å². The van der Waals surface area contributed by atoms with E-state index in [0.717, 1.165) is 22.1 Å². The predicted octanol–water partition coefficient (Wildman–Crippen LogP) is 3.36. The number of nitrogens with zero attached hydrogens (tertiary/aromatic N) is 5. The molecule has 3 aromatic rings. The lowest BCUT2D eigenvalue weighted by molar-refractivity contribution is -0.137. The van der Waals surface area contributed by atoms with E-state index < -0.39 is 11.7 Å². The van der Waals surface area contributed by atoms with Crippen molar-refractivity contribution in [3.8, 4) is 5.82 Å². The highest BCUT2D eigenvalue weighted by molar-refractivity contribution is 5.48. The molecule has 0 saturated carbocycles. The summed E-state index contributed by atoms with van der Waals surface area (Å²) in [5.74, 6) is 0.990. The molecular weight excluding hydrogens is 345 g/mol. The highest BCUT2D eigenvalue weighted by Crippen LogP contribution is 2.32. The van der Waals surface area contributed by atoms with Crippen molar-refractivity contribution in [1.82, 2.24) is 19.7 Å². The molecule has 1 N–H and O–H groups in total. The zero-order valence-corrected chi connectivity index (χ0v) is 14.2. The van der Waals surface area contributed by atoms with Crippen molar-refractivity contribution in [2.75, 3.05) is 24.3 Å². The minimum atomic E-state index is -4.50. The number of hydrogen-bond acceptors (Lipinski definition) is 5. The highest BCUT2D eigenvalue weighted by atomic mass is 19.4. The van der Waals surface area contributed by atoms with Gasteiger partial charge in [-0.2, -0.15) is 13.2 Å². The van der Waals surface area contributed by atoms with E-state index in [1.165, 1.54) is 18.5 Å². The van der Waals surface area contributed by atoms with Crippen molar-refractivity contribution in [2.45, 2.75) is 12.7 Å². The minimum absolute atomic E-state index is 0.261. The summed E-state index contributed by atoms with van der Waals surface area (Å²) in [4.78, 5) is 10.0. The van der Waals surface area contributed by atoms with Gasteiger partial charge in [0, 0.05) is 50.9 Å². The summed E-state index contributed by atoms with van der Waals surface area (Å²) in [5, 5.41) is 7.25. The fraction of sp³-hybridized carbons (Fsp3) is 0.235. The lowest BCUT2D eigenvalue weighted by Gasteiger charge is -2.15. The van der Waals surface area contributed by atoms with Crippen LogP contribution in [0.2, 0.25) is 0 Å². The van der Waals surface area contributed by atoms with Crippen LogP contribution in [0, 0.1) is 0 Å². The van der Waals surface area contributed by atoms with Crippen LogP contribution in [-0.4, -0.2) is 33.8 Å². The zero-order chi connectivity index (χ0) is 18.7. The van der Waals surface area contributed by atoms with E-state index in [-0.39, 0.29) is 5.82 Å². The van der Waals surface area contributed by atoms with Gasteiger partial charge in [0.05, 0.1) is 0 Å². The highest BCUT2D eigenvalue weighted by Gasteiger charge is 2.34. The van der Waals surface area contributed by atoms with Gasteiger partial charge in [0.2, 0.25) is 0 Å². The van der Waals surface area contributed by atoms with Crippen LogP contribution >= 0.6 is 0 Å². The lowest BCUT2D eigenvalue weighted by atomic mass is 10.2. The first-order valence-electron chi connectivity index (χ1n) is 7.79. The van der Waals surface area contributed by atoms with Gasteiger partial charge in [-0.1, -0.05) is 6.07 Å². The zero-order valence-electron chi connectivity index (χ0n) is 14.2. The van der Waals surface area contributed by atoms with Crippen molar-refractivity contribution in [3.63, 3.8) is 0 Å². The number of nitrogens with one attached hydrogen (secondary N) is 1. The van der Waals surface area contributed by atoms with E-state index >= 15 is 0 Å². The topological polar surface area (TPSA) is 58.9 Å². The van der Waals surface area contributed by atoms with Gasteiger partial charge in [-0.15, -0.1) is 5.10 Å². The summed E-state index contributed by atoms with van der Waals surface area (Å²) < 4.78 is 40.5. The van der Waals surface area contributed by atoms with E-state index in [2.05, 4.69) is 20.4 Å². The van der Waals surface area contributed by atoms with Crippen molar-refractivity contribution in [2.24, 2.45) is 0 Å². The van der Waals surface area contributed by atoms with E-state index in [9.17, 15) is 13.2 Å². The number of anilines is 2. The Morgan fingerprint density at radius 1 is 1.08 bits per heavy atom. The van der Waals surface area contributed by atoms with Gasteiger partial charge in [-0.05, 0) is 18.2 Å². The summed E-state index contributed by atoms with van der Waals surface area (Å²) in [7, 11) is 3.78. The van der Waals surface area contributed by atoms with E-state index in [1.54, 1.807) is 12.3 Å². The molecule has 0 aliphatic heterocycles. The van der Waals surface area contributed by atoms with Crippen LogP contribution in [0.5, 0.6) is 0 Å². The van der Waals surface area contributed by atoms with Gasteiger partial charge < -0.3 is 10.2 Å². The first kappa shape index (κ1) is 17.7. The molecule has 0 fully saturated rings. The Kier molecular flexibility index (Phi) is 4.79. The molecule has 0 amide bonds. The van der Waals surface area contributed by atoms with E-state index in [0.29, 0.717) is 12.4 Å². The predicted molar refractivity (Wildman–Crippen MR) is 92.3 cm³/mol. The third kappa shape index (κ3) is 3.76. The lowest BCUT2D eigenvalue weighted by Crippen LogP contribution is -2.15. The molecule has 0 bridgehead atoms. The molecule has 3 aromatic heterocycles. The molecule has 0 atom stereocenters. The Labute approximate surface area is 148 Å². The van der Waals surface area contributed by atoms with Gasteiger partial charge in [0.15, 0.2) is 5.82 Å². The molecule has 3 rings (SSSR count). The molecule has 0 unspecified atom stereocenters. The maximum atomic E-state index is 13.1. The van der Waals surface area contributed by atoms with Crippen molar-refractivity contribution in [1.29, 1.82) is 0 Å². The number of hydrogen-bond donors (Lipinski definition) is 1. The van der Waals surface area contributed by atoms with Crippen LogP contribution in [0.25, 0.3) is 5.82 Å². The second-order valence-corrected chi connectivity index (χ2v) is 5.75. The van der Waals surface area contributed by atoms with Crippen molar-refractivity contribution < 1.29 is 13.2 Å². The molecule has 3 heterocycles. The van der Waals surface area contributed by atoms with Crippen molar-refractivity contribution in [3.05, 3.63) is 60.0 Å². The largest absolute Gasteiger partial charge is 0.420 e. The third-order valence-electron chi connectivity index (χ3n) is 3.65. The Morgan fingerprint density at radius 2 is 1.81 bits per heavy atom. The van der Waals surface area contributed by atoms with Gasteiger partial charge >= 0.3 is 6.18 Å². The maximum absolute atomic E-state index is 13.1. The molecule has 0 spiro atoms. The van der Waals surface area contributed by atoms with Crippen LogP contribution < -0.4 is 10.2 Å². The average molecular weight is 362 g/mol. The minimum Gasteiger partial charge on any atom is -0.364 e. The van der Waals surface area contributed by atoms with Gasteiger partial charge in [0.25, 0.3) is 0 Å². The summed E-state index contributed by atoms with van der Waals surface area (Å²) >= 11 is 0. The number of rotatable bonds is 5. The normalized spacial score (nSPS) is 11.4. The van der Waals surface area contributed by atoms with Crippen LogP contribution in [0.3, 0.4) is 0 Å². The number of alkyl halides is 3. The van der Waals surface area contributed by atoms with Crippen LogP contribution in [0.15, 0.2) is 48.9 Å². The average Bonchev–Trinajstić information content (AvgIpc) is 3.08. The second kappa shape index (κ2) is 7.03. The smallest absolute Gasteiger partial charge is 0.364 e. The Hall–Kier alpha value is -3.10. The molecule has 136 valence electrons. The van der Waals surface area contributed by atoms with Crippen LogP contribution in [0.4, 0.5) is 24.8 Å². The molecule has 9 heteroatoms. The SMILES string of the molecule is CN(C)c1ncccc1CNc1ccn(-c2ncccc2C(F)(F)F)n1. The quantitative estimate of drug-likeness (QED) is 0.754. The molecular formula is C17H17F3N6. The second-order valence-electron chi connectivity index (χ2n) is 5.75. The number of halogens is 3. The van der Waals surface area contributed by atoms with Crippen molar-refractivity contribution >= 4 is 11.6 Å². The molecule has 0 aliphatic carbocycles. The van der Waals surface area contributed by atoms with Crippen LogP contribution in [-0.2, 0) is 12.7 Å². The molecule has 0 saturated heterocycles. The fourth-order valence-corrected chi connectivity index (χ4v) is 2.49. The Balaban J connectivity index is 1.80. The first-order valence-corrected chi connectivity index (χ1v) is 7.79. The Bertz CT molecular complexity index is 888. The summed E-state index contributed by atoms with van der Waals surface area (Å²) in [6.45, 7) is 0.437. The molecule has 0 radical (unpaired) electrons. The number of aromatic nitrogens is 4. The van der Waals surface area contributed by atoms with Gasteiger partial charge in [-0.3, -0.25) is 0 Å². The first-order chi connectivity index (χ1) is 12.4. The molecule has 0 aromatic carbocycles. The monoisotopic (exact) mass is 362 g/mol. The standard InChI is InChI=1S/C17H17F3N6/c1-25(2)15-12(5-3-8-21-15)11-23-14-7-10-26(24-14)16-13(17(18,19)20)6-4-9-22-16/h3-10H,11H2,1-2H3,(H,23,24). The van der Waals surface area contributed by atoms with Crippen LogP contribution in [0.1, 0.15) is 11.1 Å². The molecule has 6 nitrogen and oxygen atoms in total. The number of pyridine rings is 2. The molecule has 0 aliphatic rings. The summed E-state index contributed by atoms with van der Waals surface area (Å²) in [5.41, 5.74) is 0.109. The van der Waals surface area contributed by atoms with E-state index in [4.69, 9.17) is 0 Å². The maximum Gasteiger partial charge on any atom is 0.420 e. The fourth-order valence-electron chi connectivity index (χ4n) is 2.49. The summed E-state index contributed by atoms with van der Waals surface area (Å²) in [6.07, 6.45) is -0.0545. The molecule has 26 heavy (non-hydrogen) atoms. The van der Waals surface area contributed by atoms with Gasteiger partial charge in [0.1, 0.15) is 17.2 Å².